The van der Waals surface area contributed by atoms with E-state index in [0.717, 1.165) is 0 Å². The first-order valence-corrected chi connectivity index (χ1v) is 6.88. The van der Waals surface area contributed by atoms with Crippen LogP contribution in [0.4, 0.5) is 10.5 Å². The first kappa shape index (κ1) is 18.8. The summed E-state index contributed by atoms with van der Waals surface area (Å²) in [7, 11) is 1.37. The average Bonchev–Trinajstić information content (AvgIpc) is 2.55. The van der Waals surface area contributed by atoms with Crippen LogP contribution in [-0.2, 0) is 14.2 Å². The summed E-state index contributed by atoms with van der Waals surface area (Å²) < 4.78 is 20.0. The third-order valence-corrected chi connectivity index (χ3v) is 2.85. The Kier molecular flexibility index (Phi) is 7.95. The monoisotopic (exact) mass is 329 g/mol. The average molecular weight is 329 g/mol. The van der Waals surface area contributed by atoms with Gasteiger partial charge in [0.2, 0.25) is 0 Å². The zero-order valence-corrected chi connectivity index (χ0v) is 12.8. The maximum absolute atomic E-state index is 11.5. The Morgan fingerprint density at radius 3 is 2.48 bits per heavy atom. The lowest BCUT2D eigenvalue weighted by Gasteiger charge is -2.21. The second-order valence-corrected chi connectivity index (χ2v) is 4.43. The van der Waals surface area contributed by atoms with Gasteiger partial charge in [-0.3, -0.25) is 10.1 Å². The molecule has 23 heavy (non-hydrogen) atoms. The molecule has 0 saturated carbocycles. The van der Waals surface area contributed by atoms with Crippen LogP contribution in [0.5, 0.6) is 5.75 Å². The van der Waals surface area contributed by atoms with Crippen LogP contribution in [0, 0.1) is 10.1 Å². The maximum atomic E-state index is 11.5. The highest BCUT2D eigenvalue weighted by Gasteiger charge is 2.17. The highest BCUT2D eigenvalue weighted by atomic mass is 16.8. The van der Waals surface area contributed by atoms with Crippen molar-refractivity contribution in [1.29, 1.82) is 0 Å². The summed E-state index contributed by atoms with van der Waals surface area (Å²) in [6, 6.07) is 4.97. The quantitative estimate of drug-likeness (QED) is 0.240. The number of hydrogen-bond acceptors (Lipinski definition) is 8. The minimum Gasteiger partial charge on any atom is -0.429 e. The SMILES string of the molecule is CCC(CO)OC(COC(=O)Oc1ccc([N+](=O)[O-])cc1)OC. The molecule has 0 saturated heterocycles. The second kappa shape index (κ2) is 9.72. The van der Waals surface area contributed by atoms with Crippen LogP contribution in [0.3, 0.4) is 0 Å². The molecule has 0 aliphatic carbocycles. The molecular formula is C14H19NO8. The van der Waals surface area contributed by atoms with Crippen LogP contribution in [0.1, 0.15) is 13.3 Å². The van der Waals surface area contributed by atoms with Crippen LogP contribution < -0.4 is 4.74 Å². The second-order valence-electron chi connectivity index (χ2n) is 4.43. The number of methoxy groups -OCH3 is 1. The third kappa shape index (κ3) is 6.59. The Bertz CT molecular complexity index is 500. The van der Waals surface area contributed by atoms with Gasteiger partial charge in [0.25, 0.3) is 5.69 Å². The summed E-state index contributed by atoms with van der Waals surface area (Å²) in [5, 5.41) is 19.6. The predicted octanol–water partition coefficient (Wildman–Crippen LogP) is 1.87. The van der Waals surface area contributed by atoms with Crippen molar-refractivity contribution in [2.24, 2.45) is 0 Å². The van der Waals surface area contributed by atoms with Crippen molar-refractivity contribution < 1.29 is 33.8 Å². The van der Waals surface area contributed by atoms with Crippen LogP contribution in [0.2, 0.25) is 0 Å². The molecule has 9 heteroatoms. The molecule has 1 N–H and O–H groups in total. The van der Waals surface area contributed by atoms with Crippen molar-refractivity contribution in [3.8, 4) is 5.75 Å². The van der Waals surface area contributed by atoms with Crippen LogP contribution in [-0.4, -0.2) is 48.9 Å². The van der Waals surface area contributed by atoms with Crippen LogP contribution in [0.15, 0.2) is 24.3 Å². The van der Waals surface area contributed by atoms with Crippen LogP contribution in [0.25, 0.3) is 0 Å². The Hall–Kier alpha value is -2.23. The molecule has 1 aromatic rings. The number of rotatable bonds is 9. The Balaban J connectivity index is 2.44. The highest BCUT2D eigenvalue weighted by molar-refractivity contribution is 5.63. The topological polar surface area (TPSA) is 117 Å². The first-order valence-electron chi connectivity index (χ1n) is 6.88. The number of carbonyl (C=O) groups excluding carboxylic acids is 1. The Labute approximate surface area is 132 Å². The fourth-order valence-corrected chi connectivity index (χ4v) is 1.54. The molecular weight excluding hydrogens is 310 g/mol. The number of carbonyl (C=O) groups is 1. The summed E-state index contributed by atoms with van der Waals surface area (Å²) in [6.45, 7) is 1.43. The number of nitro groups is 1. The molecule has 0 radical (unpaired) electrons. The van der Waals surface area contributed by atoms with E-state index in [-0.39, 0.29) is 24.7 Å². The fourth-order valence-electron chi connectivity index (χ4n) is 1.54. The van der Waals surface area contributed by atoms with E-state index < -0.39 is 23.5 Å². The van der Waals surface area contributed by atoms with Crippen LogP contribution >= 0.6 is 0 Å². The number of nitrogens with zero attached hydrogens (tertiary/aromatic N) is 1. The summed E-state index contributed by atoms with van der Waals surface area (Å²) in [5.74, 6) is 0.109. The van der Waals surface area contributed by atoms with Gasteiger partial charge in [0.15, 0.2) is 6.29 Å². The number of hydrogen-bond donors (Lipinski definition) is 1. The number of ether oxygens (including phenoxy) is 4. The molecule has 0 fully saturated rings. The number of non-ortho nitro benzene ring substituents is 1. The van der Waals surface area contributed by atoms with Crippen molar-refractivity contribution in [2.75, 3.05) is 20.3 Å². The predicted molar refractivity (Wildman–Crippen MR) is 78.1 cm³/mol. The van der Waals surface area contributed by atoms with Crippen molar-refractivity contribution >= 4 is 11.8 Å². The van der Waals surface area contributed by atoms with E-state index in [0.29, 0.717) is 6.42 Å². The number of aliphatic hydroxyl groups excluding tert-OH is 1. The molecule has 2 unspecified atom stereocenters. The smallest absolute Gasteiger partial charge is 0.429 e. The standard InChI is InChI=1S/C14H19NO8/c1-3-11(8-16)22-13(20-2)9-21-14(17)23-12-6-4-10(5-7-12)15(18)19/h4-7,11,13,16H,3,8-9H2,1-2H3. The zero-order chi connectivity index (χ0) is 17.2. The zero-order valence-electron chi connectivity index (χ0n) is 12.8. The van der Waals surface area contributed by atoms with E-state index >= 15 is 0 Å². The third-order valence-electron chi connectivity index (χ3n) is 2.85. The van der Waals surface area contributed by atoms with Gasteiger partial charge in [0.05, 0.1) is 17.6 Å². The Morgan fingerprint density at radius 2 is 2.00 bits per heavy atom. The van der Waals surface area contributed by atoms with Crippen molar-refractivity contribution in [3.63, 3.8) is 0 Å². The Morgan fingerprint density at radius 1 is 1.35 bits per heavy atom. The molecule has 0 bridgehead atoms. The molecule has 0 amide bonds. The van der Waals surface area contributed by atoms with E-state index in [9.17, 15) is 14.9 Å². The summed E-state index contributed by atoms with van der Waals surface area (Å²) >= 11 is 0. The molecule has 0 spiro atoms. The highest BCUT2D eigenvalue weighted by Crippen LogP contribution is 2.17. The van der Waals surface area contributed by atoms with Gasteiger partial charge >= 0.3 is 6.16 Å². The van der Waals surface area contributed by atoms with Gasteiger partial charge in [-0.25, -0.2) is 4.79 Å². The normalized spacial score (nSPS) is 13.2. The van der Waals surface area contributed by atoms with Crippen molar-refractivity contribution in [1.82, 2.24) is 0 Å². The summed E-state index contributed by atoms with van der Waals surface area (Å²) in [5.41, 5.74) is -0.117. The van der Waals surface area contributed by atoms with E-state index in [1.54, 1.807) is 0 Å². The molecule has 0 aliphatic rings. The van der Waals surface area contributed by atoms with Gasteiger partial charge in [-0.2, -0.15) is 0 Å². The van der Waals surface area contributed by atoms with E-state index in [4.69, 9.17) is 24.1 Å². The first-order chi connectivity index (χ1) is 11.0. The lowest BCUT2D eigenvalue weighted by Crippen LogP contribution is -2.31. The maximum Gasteiger partial charge on any atom is 0.514 e. The van der Waals surface area contributed by atoms with Gasteiger partial charge in [-0.1, -0.05) is 6.92 Å². The van der Waals surface area contributed by atoms with E-state index in [1.807, 2.05) is 6.92 Å². The lowest BCUT2D eigenvalue weighted by molar-refractivity contribution is -0.384. The molecule has 1 aromatic carbocycles. The van der Waals surface area contributed by atoms with E-state index in [1.165, 1.54) is 31.4 Å². The number of nitro benzene ring substituents is 1. The molecule has 9 nitrogen and oxygen atoms in total. The fraction of sp³-hybridized carbons (Fsp3) is 0.500. The van der Waals surface area contributed by atoms with Gasteiger partial charge in [-0.05, 0) is 18.6 Å². The summed E-state index contributed by atoms with van der Waals surface area (Å²) in [4.78, 5) is 21.5. The lowest BCUT2D eigenvalue weighted by atomic mass is 10.3. The van der Waals surface area contributed by atoms with Crippen molar-refractivity contribution in [2.45, 2.75) is 25.7 Å². The molecule has 2 atom stereocenters. The van der Waals surface area contributed by atoms with Gasteiger partial charge in [0.1, 0.15) is 12.4 Å². The summed E-state index contributed by atoms with van der Waals surface area (Å²) in [6.07, 6.45) is -1.68. The largest absolute Gasteiger partial charge is 0.514 e. The molecule has 0 heterocycles. The van der Waals surface area contributed by atoms with Gasteiger partial charge in [-0.15, -0.1) is 0 Å². The van der Waals surface area contributed by atoms with E-state index in [2.05, 4.69) is 0 Å². The molecule has 0 aromatic heterocycles. The molecule has 1 rings (SSSR count). The number of aliphatic hydroxyl groups is 1. The molecule has 0 aliphatic heterocycles. The molecule has 128 valence electrons. The minimum atomic E-state index is -0.999. The minimum absolute atomic E-state index is 0.109. The number of benzene rings is 1. The van der Waals surface area contributed by atoms with Crippen molar-refractivity contribution in [3.05, 3.63) is 34.4 Å². The van der Waals surface area contributed by atoms with Gasteiger partial charge in [0, 0.05) is 19.2 Å². The van der Waals surface area contributed by atoms with Gasteiger partial charge < -0.3 is 24.1 Å².